The molecule has 0 aliphatic carbocycles. The van der Waals surface area contributed by atoms with Gasteiger partial charge in [-0.15, -0.1) is 0 Å². The first kappa shape index (κ1) is 17.9. The zero-order chi connectivity index (χ0) is 17.0. The van der Waals surface area contributed by atoms with Gasteiger partial charge in [0, 0.05) is 12.2 Å². The number of benzene rings is 1. The normalized spacial score (nSPS) is 12.5. The number of nitrogens with two attached hydrogens (primary N) is 1. The summed E-state index contributed by atoms with van der Waals surface area (Å²) in [6.07, 6.45) is -1.88. The lowest BCUT2D eigenvalue weighted by molar-refractivity contribution is -0.136. The van der Waals surface area contributed by atoms with Gasteiger partial charge in [-0.05, 0) is 38.5 Å². The Morgan fingerprint density at radius 2 is 1.95 bits per heavy atom. The number of rotatable bonds is 3. The molecule has 0 bridgehead atoms. The average molecular weight is 316 g/mol. The summed E-state index contributed by atoms with van der Waals surface area (Å²) in [4.78, 5) is 11.4. The fourth-order valence-electron chi connectivity index (χ4n) is 1.59. The number of alkyl carbamates (subject to hydrolysis) is 1. The lowest BCUT2D eigenvalue weighted by Gasteiger charge is -2.19. The number of alkyl halides is 3. The monoisotopic (exact) mass is 316 g/mol. The van der Waals surface area contributed by atoms with Crippen molar-refractivity contribution >= 4 is 17.9 Å². The van der Waals surface area contributed by atoms with Crippen molar-refractivity contribution in [1.82, 2.24) is 5.32 Å². The van der Waals surface area contributed by atoms with Crippen molar-refractivity contribution in [1.29, 1.82) is 0 Å². The van der Waals surface area contributed by atoms with Gasteiger partial charge in [0.2, 0.25) is 0 Å². The molecule has 0 radical (unpaired) electrons. The number of halogens is 3. The number of nitrogen functional groups attached to an aromatic ring is 1. The molecule has 1 aromatic carbocycles. The number of nitrogens with one attached hydrogen (secondary N) is 1. The maximum absolute atomic E-state index is 12.6. The number of carbonyl (C=O) groups is 1. The van der Waals surface area contributed by atoms with Crippen molar-refractivity contribution < 1.29 is 22.7 Å². The van der Waals surface area contributed by atoms with Gasteiger partial charge < -0.3 is 15.8 Å². The first-order valence-corrected chi connectivity index (χ1v) is 6.59. The molecular weight excluding hydrogens is 297 g/mol. The molecule has 1 aromatic rings. The lowest BCUT2D eigenvalue weighted by atomic mass is 10.1. The Kier molecular flexibility index (Phi) is 5.46. The van der Waals surface area contributed by atoms with Crippen molar-refractivity contribution in [2.75, 3.05) is 12.3 Å². The molecule has 1 amide bonds. The Hall–Kier alpha value is -2.18. The molecule has 3 N–H and O–H groups in total. The van der Waals surface area contributed by atoms with Crippen LogP contribution >= 0.6 is 0 Å². The molecule has 0 atom stereocenters. The molecule has 0 aliphatic heterocycles. The predicted octanol–water partition coefficient (Wildman–Crippen LogP) is 3.83. The summed E-state index contributed by atoms with van der Waals surface area (Å²) < 4.78 is 42.7. The highest BCUT2D eigenvalue weighted by Gasteiger charge is 2.32. The van der Waals surface area contributed by atoms with Gasteiger partial charge in [0.15, 0.2) is 0 Å². The third kappa shape index (κ3) is 6.07. The largest absolute Gasteiger partial charge is 0.444 e. The zero-order valence-corrected chi connectivity index (χ0v) is 12.6. The maximum atomic E-state index is 12.6. The van der Waals surface area contributed by atoms with Gasteiger partial charge in [-0.25, -0.2) is 4.79 Å². The van der Waals surface area contributed by atoms with Crippen LogP contribution in [0, 0.1) is 0 Å². The standard InChI is InChI=1S/C15H19F3N2O2/c1-14(2,3)22-13(21)20-8-4-5-10-6-7-11(12(19)9-10)15(16,17)18/h4-7,9H,8,19H2,1-3H3,(H,20,21). The molecule has 122 valence electrons. The Morgan fingerprint density at radius 1 is 1.32 bits per heavy atom. The molecule has 0 fully saturated rings. The van der Waals surface area contributed by atoms with E-state index in [1.165, 1.54) is 12.1 Å². The molecule has 0 unspecified atom stereocenters. The van der Waals surface area contributed by atoms with Crippen LogP contribution in [0.5, 0.6) is 0 Å². The number of hydrogen-bond donors (Lipinski definition) is 2. The van der Waals surface area contributed by atoms with Gasteiger partial charge >= 0.3 is 12.3 Å². The molecule has 22 heavy (non-hydrogen) atoms. The minimum atomic E-state index is -4.47. The third-order valence-electron chi connectivity index (χ3n) is 2.45. The quantitative estimate of drug-likeness (QED) is 0.833. The summed E-state index contributed by atoms with van der Waals surface area (Å²) in [5, 5.41) is 2.50. The Labute approximate surface area is 127 Å². The SMILES string of the molecule is CC(C)(C)OC(=O)NCC=Cc1ccc(C(F)(F)F)c(N)c1. The van der Waals surface area contributed by atoms with Crippen LogP contribution in [0.25, 0.3) is 6.08 Å². The molecule has 0 aromatic heterocycles. The van der Waals surface area contributed by atoms with Crippen molar-refractivity contribution in [3.63, 3.8) is 0 Å². The topological polar surface area (TPSA) is 64.3 Å². The van der Waals surface area contributed by atoms with Gasteiger partial charge in [-0.3, -0.25) is 0 Å². The molecule has 0 spiro atoms. The minimum absolute atomic E-state index is 0.190. The second kappa shape index (κ2) is 6.72. The van der Waals surface area contributed by atoms with E-state index in [-0.39, 0.29) is 12.2 Å². The van der Waals surface area contributed by atoms with E-state index in [0.717, 1.165) is 6.07 Å². The molecule has 0 saturated heterocycles. The van der Waals surface area contributed by atoms with Gasteiger partial charge in [-0.2, -0.15) is 13.2 Å². The van der Waals surface area contributed by atoms with Crippen LogP contribution in [-0.4, -0.2) is 18.2 Å². The van der Waals surface area contributed by atoms with Gasteiger partial charge in [0.1, 0.15) is 5.60 Å². The number of ether oxygens (including phenoxy) is 1. The predicted molar refractivity (Wildman–Crippen MR) is 79.1 cm³/mol. The lowest BCUT2D eigenvalue weighted by Crippen LogP contribution is -2.32. The molecule has 1 rings (SSSR count). The average Bonchev–Trinajstić information content (AvgIpc) is 2.31. The number of hydrogen-bond acceptors (Lipinski definition) is 3. The Bertz CT molecular complexity index is 561. The van der Waals surface area contributed by atoms with Crippen LogP contribution in [0.15, 0.2) is 24.3 Å². The van der Waals surface area contributed by atoms with Crippen LogP contribution in [0.1, 0.15) is 31.9 Å². The Balaban J connectivity index is 2.58. The fourth-order valence-corrected chi connectivity index (χ4v) is 1.59. The molecular formula is C15H19F3N2O2. The van der Waals surface area contributed by atoms with E-state index in [1.54, 1.807) is 32.9 Å². The van der Waals surface area contributed by atoms with E-state index in [2.05, 4.69) is 5.32 Å². The van der Waals surface area contributed by atoms with E-state index in [4.69, 9.17) is 10.5 Å². The number of anilines is 1. The van der Waals surface area contributed by atoms with E-state index in [0.29, 0.717) is 5.56 Å². The molecule has 0 saturated carbocycles. The Morgan fingerprint density at radius 3 is 2.45 bits per heavy atom. The highest BCUT2D eigenvalue weighted by atomic mass is 19.4. The van der Waals surface area contributed by atoms with Crippen molar-refractivity contribution in [3.05, 3.63) is 35.4 Å². The maximum Gasteiger partial charge on any atom is 0.418 e. The second-order valence-electron chi connectivity index (χ2n) is 5.63. The first-order valence-electron chi connectivity index (χ1n) is 6.59. The smallest absolute Gasteiger partial charge is 0.418 e. The van der Waals surface area contributed by atoms with Gasteiger partial charge in [-0.1, -0.05) is 18.2 Å². The zero-order valence-electron chi connectivity index (χ0n) is 12.6. The highest BCUT2D eigenvalue weighted by molar-refractivity contribution is 5.68. The summed E-state index contributed by atoms with van der Waals surface area (Å²) in [5.41, 5.74) is 4.11. The van der Waals surface area contributed by atoms with Crippen LogP contribution in [0.4, 0.5) is 23.7 Å². The van der Waals surface area contributed by atoms with E-state index >= 15 is 0 Å². The first-order chi connectivity index (χ1) is 9.99. The van der Waals surface area contributed by atoms with Crippen LogP contribution in [0.2, 0.25) is 0 Å². The van der Waals surface area contributed by atoms with Crippen molar-refractivity contribution in [3.8, 4) is 0 Å². The van der Waals surface area contributed by atoms with E-state index < -0.39 is 23.4 Å². The summed E-state index contributed by atoms with van der Waals surface area (Å²) >= 11 is 0. The number of amides is 1. The number of carbonyl (C=O) groups excluding carboxylic acids is 1. The third-order valence-corrected chi connectivity index (χ3v) is 2.45. The summed E-state index contributed by atoms with van der Waals surface area (Å²) in [5.74, 6) is 0. The van der Waals surface area contributed by atoms with E-state index in [1.807, 2.05) is 0 Å². The van der Waals surface area contributed by atoms with Crippen LogP contribution in [-0.2, 0) is 10.9 Å². The van der Waals surface area contributed by atoms with Crippen LogP contribution in [0.3, 0.4) is 0 Å². The van der Waals surface area contributed by atoms with Crippen molar-refractivity contribution in [2.45, 2.75) is 32.5 Å². The molecule has 0 heterocycles. The molecule has 7 heteroatoms. The fraction of sp³-hybridized carbons (Fsp3) is 0.400. The van der Waals surface area contributed by atoms with Crippen LogP contribution < -0.4 is 11.1 Å². The summed E-state index contributed by atoms with van der Waals surface area (Å²) in [7, 11) is 0. The minimum Gasteiger partial charge on any atom is -0.444 e. The van der Waals surface area contributed by atoms with Gasteiger partial charge in [0.25, 0.3) is 0 Å². The van der Waals surface area contributed by atoms with Crippen molar-refractivity contribution in [2.24, 2.45) is 0 Å². The second-order valence-corrected chi connectivity index (χ2v) is 5.63. The molecule has 0 aliphatic rings. The van der Waals surface area contributed by atoms with Gasteiger partial charge in [0.05, 0.1) is 5.56 Å². The summed E-state index contributed by atoms with van der Waals surface area (Å²) in [6, 6.07) is 3.46. The highest BCUT2D eigenvalue weighted by Crippen LogP contribution is 2.33. The molecule has 4 nitrogen and oxygen atoms in total. The van der Waals surface area contributed by atoms with E-state index in [9.17, 15) is 18.0 Å². The summed E-state index contributed by atoms with van der Waals surface area (Å²) in [6.45, 7) is 5.42.